The van der Waals surface area contributed by atoms with Gasteiger partial charge < -0.3 is 25.2 Å². The molecule has 0 radical (unpaired) electrons. The van der Waals surface area contributed by atoms with E-state index in [0.717, 1.165) is 55.6 Å². The molecule has 7 rings (SSSR count). The second-order valence-corrected chi connectivity index (χ2v) is 21.5. The Morgan fingerprint density at radius 1 is 0.746 bits per heavy atom. The fourth-order valence-corrected chi connectivity index (χ4v) is 11.3. The first-order valence-corrected chi connectivity index (χ1v) is 25.9. The molecule has 2 amide bonds. The second-order valence-electron chi connectivity index (χ2n) is 20.0. The van der Waals surface area contributed by atoms with E-state index in [9.17, 15) is 27.4 Å². The molecule has 11 heteroatoms. The molecule has 10 nitrogen and oxygen atoms in total. The maximum absolute atomic E-state index is 14.8. The van der Waals surface area contributed by atoms with Crippen molar-refractivity contribution in [3.05, 3.63) is 131 Å². The van der Waals surface area contributed by atoms with E-state index in [4.69, 9.17) is 0 Å². The highest BCUT2D eigenvalue weighted by Gasteiger charge is 2.49. The van der Waals surface area contributed by atoms with E-state index in [1.165, 1.54) is 44.0 Å². The van der Waals surface area contributed by atoms with Crippen LogP contribution < -0.4 is 20.4 Å². The van der Waals surface area contributed by atoms with Gasteiger partial charge in [-0.25, -0.2) is 0 Å². The molecule has 3 N–H and O–H groups in total. The van der Waals surface area contributed by atoms with Crippen LogP contribution in [0.1, 0.15) is 117 Å². The van der Waals surface area contributed by atoms with Crippen LogP contribution in [0.4, 0.5) is 11.4 Å². The molecule has 0 spiro atoms. The normalized spacial score (nSPS) is 21.0. The van der Waals surface area contributed by atoms with Crippen molar-refractivity contribution in [2.45, 2.75) is 123 Å². The quantitative estimate of drug-likeness (QED) is 0.0481. The minimum atomic E-state index is -4.39. The first kappa shape index (κ1) is 49.4. The Hall–Kier alpha value is -5.52. The average Bonchev–Trinajstić information content (AvgIpc) is 3.65. The molecule has 2 heterocycles. The van der Waals surface area contributed by atoms with E-state index in [2.05, 4.69) is 165 Å². The smallest absolute Gasteiger partial charge is 0.266 e. The number of carbonyl (C=O) groups is 3. The molecule has 356 valence electrons. The van der Waals surface area contributed by atoms with Gasteiger partial charge in [-0.3, -0.25) is 14.1 Å². The van der Waals surface area contributed by atoms with Crippen molar-refractivity contribution in [3.63, 3.8) is 0 Å². The molecular weight excluding hydrogens is 857 g/mol. The summed E-state index contributed by atoms with van der Waals surface area (Å²) >= 11 is 0. The van der Waals surface area contributed by atoms with Gasteiger partial charge in [-0.05, 0) is 107 Å². The van der Waals surface area contributed by atoms with Crippen molar-refractivity contribution in [2.75, 3.05) is 41.7 Å². The SMILES string of the molecule is CCCCN1c2ccc3ccccc3c2C(C)(C)C1/C=C/C1=CC(=C/C=C2/N(CCC)c3ccc4ccccc4c3C2(C)C)/CC(C(=O)NCCCCCC(C)=O)(C(=O)NCCS(=O)(=O)O)C1. The molecule has 0 bridgehead atoms. The Balaban J connectivity index is 1.33. The fourth-order valence-electron chi connectivity index (χ4n) is 10.9. The predicted molar refractivity (Wildman–Crippen MR) is 274 cm³/mol. The number of fused-ring (bicyclic) bond motifs is 6. The molecule has 0 aromatic heterocycles. The topological polar surface area (TPSA) is 136 Å². The monoisotopic (exact) mass is 927 g/mol. The number of allylic oxidation sites excluding steroid dienone is 7. The van der Waals surface area contributed by atoms with Gasteiger partial charge in [-0.1, -0.05) is 139 Å². The van der Waals surface area contributed by atoms with Crippen LogP contribution in [0.2, 0.25) is 0 Å². The Labute approximate surface area is 398 Å². The third-order valence-corrected chi connectivity index (χ3v) is 14.9. The maximum Gasteiger partial charge on any atom is 0.266 e. The van der Waals surface area contributed by atoms with Gasteiger partial charge in [-0.2, -0.15) is 8.42 Å². The summed E-state index contributed by atoms with van der Waals surface area (Å²) in [5.41, 5.74) is 5.37. The van der Waals surface area contributed by atoms with Crippen LogP contribution in [0.5, 0.6) is 0 Å². The lowest BCUT2D eigenvalue weighted by Crippen LogP contribution is -2.53. The fraction of sp³-hybridized carbons (Fsp3) is 0.446. The molecule has 2 unspecified atom stereocenters. The van der Waals surface area contributed by atoms with E-state index in [1.54, 1.807) is 6.92 Å². The summed E-state index contributed by atoms with van der Waals surface area (Å²) in [7, 11) is -4.39. The highest BCUT2D eigenvalue weighted by atomic mass is 32.2. The second kappa shape index (κ2) is 20.4. The minimum absolute atomic E-state index is 0.0331. The van der Waals surface area contributed by atoms with Gasteiger partial charge in [0.25, 0.3) is 10.1 Å². The number of rotatable bonds is 19. The molecule has 3 aliphatic rings. The van der Waals surface area contributed by atoms with E-state index < -0.39 is 33.1 Å². The van der Waals surface area contributed by atoms with Crippen LogP contribution in [0.3, 0.4) is 0 Å². The van der Waals surface area contributed by atoms with Crippen molar-refractivity contribution in [3.8, 4) is 0 Å². The number of carbonyl (C=O) groups excluding carboxylic acids is 3. The van der Waals surface area contributed by atoms with Crippen molar-refractivity contribution >= 4 is 60.6 Å². The molecule has 0 saturated heterocycles. The minimum Gasteiger partial charge on any atom is -0.364 e. The van der Waals surface area contributed by atoms with Crippen LogP contribution in [0, 0.1) is 5.41 Å². The number of anilines is 2. The van der Waals surface area contributed by atoms with E-state index >= 15 is 0 Å². The lowest BCUT2D eigenvalue weighted by molar-refractivity contribution is -0.143. The van der Waals surface area contributed by atoms with Crippen molar-refractivity contribution in [1.29, 1.82) is 0 Å². The maximum atomic E-state index is 14.8. The van der Waals surface area contributed by atoms with Crippen LogP contribution >= 0.6 is 0 Å². The van der Waals surface area contributed by atoms with E-state index in [1.807, 2.05) is 0 Å². The zero-order valence-electron chi connectivity index (χ0n) is 40.6. The number of benzene rings is 4. The Kier molecular flexibility index (Phi) is 15.0. The summed E-state index contributed by atoms with van der Waals surface area (Å²) in [4.78, 5) is 46.1. The number of nitrogens with zero attached hydrogens (tertiary/aromatic N) is 2. The number of nitrogens with one attached hydrogen (secondary N) is 2. The summed E-state index contributed by atoms with van der Waals surface area (Å²) in [6.45, 7) is 16.7. The molecule has 0 fully saturated rings. The zero-order chi connectivity index (χ0) is 48.1. The summed E-state index contributed by atoms with van der Waals surface area (Å²) < 4.78 is 33.3. The van der Waals surface area contributed by atoms with E-state index in [-0.39, 0.29) is 42.0 Å². The number of hydrogen-bond acceptors (Lipinski definition) is 7. The van der Waals surface area contributed by atoms with Crippen molar-refractivity contribution in [1.82, 2.24) is 10.6 Å². The number of hydrogen-bond donors (Lipinski definition) is 3. The summed E-state index contributed by atoms with van der Waals surface area (Å²) in [5.74, 6) is -1.60. The largest absolute Gasteiger partial charge is 0.364 e. The highest BCUT2D eigenvalue weighted by molar-refractivity contribution is 7.85. The zero-order valence-corrected chi connectivity index (χ0v) is 41.4. The lowest BCUT2D eigenvalue weighted by Gasteiger charge is -2.36. The van der Waals surface area contributed by atoms with Gasteiger partial charge in [0, 0.05) is 60.5 Å². The lowest BCUT2D eigenvalue weighted by atomic mass is 9.70. The Bertz CT molecular complexity index is 2770. The van der Waals surface area contributed by atoms with E-state index in [0.29, 0.717) is 25.8 Å². The van der Waals surface area contributed by atoms with Crippen molar-refractivity contribution < 1.29 is 27.4 Å². The Morgan fingerprint density at radius 3 is 2.03 bits per heavy atom. The van der Waals surface area contributed by atoms with Crippen molar-refractivity contribution in [2.24, 2.45) is 5.41 Å². The van der Waals surface area contributed by atoms with Gasteiger partial charge in [0.1, 0.15) is 11.2 Å². The van der Waals surface area contributed by atoms with Crippen LogP contribution in [0.15, 0.2) is 120 Å². The van der Waals surface area contributed by atoms with Gasteiger partial charge in [0.05, 0.1) is 11.8 Å². The molecule has 4 aromatic carbocycles. The number of Topliss-reactive ketones (excluding diaryl/α,β-unsaturated/α-hetero) is 1. The predicted octanol–water partition coefficient (Wildman–Crippen LogP) is 10.8. The van der Waals surface area contributed by atoms with Crippen LogP contribution in [0.25, 0.3) is 21.5 Å². The molecule has 2 atom stereocenters. The first-order valence-electron chi connectivity index (χ1n) is 24.3. The first-order chi connectivity index (χ1) is 31.9. The van der Waals surface area contributed by atoms with Gasteiger partial charge in [0.2, 0.25) is 11.8 Å². The third kappa shape index (κ3) is 10.3. The summed E-state index contributed by atoms with van der Waals surface area (Å²) in [6, 6.07) is 25.9. The number of amides is 2. The molecule has 1 aliphatic carbocycles. The number of ketones is 1. The standard InChI is InChI=1S/C56H70N4O6S/c1-8-10-34-60-47-28-26-43-20-14-16-22-45(43)51(47)55(6,7)49(60)30-24-41-36-40(23-29-48-54(4,5)50-44-21-15-13-19-42(44)25-27-46(50)59(48)33-9-2)37-56(38-41,53(63)58-32-35-67(64,65)66)52(62)57-31-17-11-12-18-39(3)61/h13-16,19-30,36,49H,8-12,17-18,31-35,37-38H2,1-7H3,(H,57,62)(H,58,63)(H,64,65,66)/b30-24+,40-23-,48-29+. The molecule has 0 saturated carbocycles. The molecule has 67 heavy (non-hydrogen) atoms. The van der Waals surface area contributed by atoms with Gasteiger partial charge in [-0.15, -0.1) is 0 Å². The summed E-state index contributed by atoms with van der Waals surface area (Å²) in [6.07, 6.45) is 16.4. The summed E-state index contributed by atoms with van der Waals surface area (Å²) in [5, 5.41) is 10.6. The molecule has 4 aromatic rings. The van der Waals surface area contributed by atoms with Crippen LogP contribution in [-0.2, 0) is 35.3 Å². The van der Waals surface area contributed by atoms with Crippen LogP contribution in [-0.4, -0.2) is 68.5 Å². The highest BCUT2D eigenvalue weighted by Crippen LogP contribution is 2.52. The van der Waals surface area contributed by atoms with Gasteiger partial charge >= 0.3 is 0 Å². The van der Waals surface area contributed by atoms with Gasteiger partial charge in [0.15, 0.2) is 0 Å². The third-order valence-electron chi connectivity index (χ3n) is 14.2. The Morgan fingerprint density at radius 2 is 1.39 bits per heavy atom. The molecule has 2 aliphatic heterocycles. The molecular formula is C56H70N4O6S. The average molecular weight is 927 g/mol. The number of unbranched alkanes of at least 4 members (excludes halogenated alkanes) is 3.